The van der Waals surface area contributed by atoms with Gasteiger partial charge in [-0.05, 0) is 64.7 Å². The molecule has 1 aliphatic carbocycles. The summed E-state index contributed by atoms with van der Waals surface area (Å²) in [5.74, 6) is -0.358. The fourth-order valence-electron chi connectivity index (χ4n) is 4.23. The van der Waals surface area contributed by atoms with E-state index in [1.54, 1.807) is 0 Å². The molecular formula is C16H29N3O2. The third kappa shape index (κ3) is 3.10. The number of aliphatic carboxylic acids is 1. The average Bonchev–Trinajstić information content (AvgIpc) is 3.25. The van der Waals surface area contributed by atoms with Gasteiger partial charge in [0.1, 0.15) is 5.54 Å². The predicted molar refractivity (Wildman–Crippen MR) is 82.4 cm³/mol. The standard InChI is InChI=1S/C16H29N3O2/c1-17-16(15(20)21,13-5-6-13)12-18-10-7-14(11-18)19-8-3-2-4-9-19/h13-14,17H,2-12H2,1H3,(H,20,21). The first kappa shape index (κ1) is 15.3. The zero-order valence-electron chi connectivity index (χ0n) is 13.2. The van der Waals surface area contributed by atoms with Crippen molar-refractivity contribution >= 4 is 5.97 Å². The van der Waals surface area contributed by atoms with E-state index in [4.69, 9.17) is 0 Å². The maximum atomic E-state index is 11.8. The topological polar surface area (TPSA) is 55.8 Å². The molecule has 0 amide bonds. The summed E-state index contributed by atoms with van der Waals surface area (Å²) in [4.78, 5) is 16.8. The van der Waals surface area contributed by atoms with Crippen LogP contribution < -0.4 is 5.32 Å². The van der Waals surface area contributed by atoms with Crippen LogP contribution in [-0.4, -0.2) is 72.2 Å². The van der Waals surface area contributed by atoms with Gasteiger partial charge in [0.05, 0.1) is 0 Å². The molecule has 2 aliphatic heterocycles. The lowest BCUT2D eigenvalue weighted by atomic mass is 9.92. The summed E-state index contributed by atoms with van der Waals surface area (Å²) < 4.78 is 0. The molecule has 0 aromatic rings. The molecule has 21 heavy (non-hydrogen) atoms. The van der Waals surface area contributed by atoms with Gasteiger partial charge < -0.3 is 10.4 Å². The van der Waals surface area contributed by atoms with Gasteiger partial charge in [0.25, 0.3) is 0 Å². The van der Waals surface area contributed by atoms with Crippen molar-refractivity contribution < 1.29 is 9.90 Å². The number of likely N-dealkylation sites (N-methyl/N-ethyl adjacent to an activating group) is 1. The maximum absolute atomic E-state index is 11.8. The van der Waals surface area contributed by atoms with Crippen molar-refractivity contribution in [3.05, 3.63) is 0 Å². The molecule has 2 saturated heterocycles. The molecule has 3 aliphatic rings. The molecule has 5 heteroatoms. The second kappa shape index (κ2) is 6.23. The Balaban J connectivity index is 1.59. The SMILES string of the molecule is CNC(CN1CCC(N2CCCCC2)C1)(C(=O)O)C1CC1. The monoisotopic (exact) mass is 295 g/mol. The van der Waals surface area contributed by atoms with Gasteiger partial charge in [-0.1, -0.05) is 6.42 Å². The smallest absolute Gasteiger partial charge is 0.325 e. The van der Waals surface area contributed by atoms with Crippen LogP contribution in [0.25, 0.3) is 0 Å². The van der Waals surface area contributed by atoms with Gasteiger partial charge in [0.2, 0.25) is 0 Å². The number of hydrogen-bond acceptors (Lipinski definition) is 4. The van der Waals surface area contributed by atoms with Crippen LogP contribution in [0.5, 0.6) is 0 Å². The molecule has 3 rings (SSSR count). The van der Waals surface area contributed by atoms with Crippen molar-refractivity contribution in [1.29, 1.82) is 0 Å². The van der Waals surface area contributed by atoms with E-state index in [0.29, 0.717) is 18.5 Å². The number of nitrogens with one attached hydrogen (secondary N) is 1. The summed E-state index contributed by atoms with van der Waals surface area (Å²) in [6.45, 7) is 5.22. The lowest BCUT2D eigenvalue weighted by Crippen LogP contribution is -2.59. The quantitative estimate of drug-likeness (QED) is 0.766. The van der Waals surface area contributed by atoms with E-state index in [0.717, 1.165) is 25.9 Å². The van der Waals surface area contributed by atoms with Crippen molar-refractivity contribution in [2.24, 2.45) is 5.92 Å². The highest BCUT2D eigenvalue weighted by Crippen LogP contribution is 2.40. The average molecular weight is 295 g/mol. The summed E-state index contributed by atoms with van der Waals surface area (Å²) in [7, 11) is 1.81. The van der Waals surface area contributed by atoms with E-state index in [9.17, 15) is 9.90 Å². The minimum absolute atomic E-state index is 0.314. The summed E-state index contributed by atoms with van der Waals surface area (Å²) in [5, 5.41) is 12.9. The van der Waals surface area contributed by atoms with E-state index in [1.807, 2.05) is 7.05 Å². The van der Waals surface area contributed by atoms with Crippen molar-refractivity contribution in [2.75, 3.05) is 39.8 Å². The Morgan fingerprint density at radius 3 is 2.48 bits per heavy atom. The molecule has 2 N–H and O–H groups in total. The zero-order chi connectivity index (χ0) is 14.9. The Morgan fingerprint density at radius 2 is 1.90 bits per heavy atom. The fraction of sp³-hybridized carbons (Fsp3) is 0.938. The Kier molecular flexibility index (Phi) is 4.52. The lowest BCUT2D eigenvalue weighted by Gasteiger charge is -2.35. The highest BCUT2D eigenvalue weighted by Gasteiger charge is 2.51. The Bertz CT molecular complexity index is 380. The molecule has 0 radical (unpaired) electrons. The second-order valence-electron chi connectivity index (χ2n) is 7.08. The Labute approximate surface area is 127 Å². The van der Waals surface area contributed by atoms with Gasteiger partial charge in [-0.2, -0.15) is 0 Å². The van der Waals surface area contributed by atoms with Gasteiger partial charge in [0, 0.05) is 19.1 Å². The molecule has 5 nitrogen and oxygen atoms in total. The van der Waals surface area contributed by atoms with E-state index < -0.39 is 11.5 Å². The second-order valence-corrected chi connectivity index (χ2v) is 7.08. The van der Waals surface area contributed by atoms with Crippen LogP contribution in [0.2, 0.25) is 0 Å². The van der Waals surface area contributed by atoms with E-state index in [-0.39, 0.29) is 0 Å². The number of likely N-dealkylation sites (tertiary alicyclic amines) is 2. The normalized spacial score (nSPS) is 31.2. The predicted octanol–water partition coefficient (Wildman–Crippen LogP) is 0.999. The minimum atomic E-state index is -0.725. The molecule has 3 fully saturated rings. The van der Waals surface area contributed by atoms with E-state index >= 15 is 0 Å². The molecule has 2 atom stereocenters. The van der Waals surface area contributed by atoms with Crippen LogP contribution in [0.3, 0.4) is 0 Å². The van der Waals surface area contributed by atoms with Crippen molar-refractivity contribution in [2.45, 2.75) is 50.1 Å². The van der Waals surface area contributed by atoms with Crippen LogP contribution in [0.15, 0.2) is 0 Å². The summed E-state index contributed by atoms with van der Waals surface area (Å²) in [5.41, 5.74) is -0.725. The van der Waals surface area contributed by atoms with E-state index in [1.165, 1.54) is 38.8 Å². The Morgan fingerprint density at radius 1 is 1.19 bits per heavy atom. The third-order valence-electron chi connectivity index (χ3n) is 5.73. The highest BCUT2D eigenvalue weighted by molar-refractivity contribution is 5.80. The molecule has 1 saturated carbocycles. The van der Waals surface area contributed by atoms with Crippen molar-refractivity contribution in [1.82, 2.24) is 15.1 Å². The first-order valence-electron chi connectivity index (χ1n) is 8.54. The first-order valence-corrected chi connectivity index (χ1v) is 8.54. The first-order chi connectivity index (χ1) is 10.2. The van der Waals surface area contributed by atoms with Gasteiger partial charge >= 0.3 is 5.97 Å². The number of piperidine rings is 1. The summed E-state index contributed by atoms with van der Waals surface area (Å²) in [6.07, 6.45) is 7.33. The molecule has 120 valence electrons. The van der Waals surface area contributed by atoms with Crippen LogP contribution in [0, 0.1) is 5.92 Å². The van der Waals surface area contributed by atoms with Crippen LogP contribution >= 0.6 is 0 Å². The third-order valence-corrected chi connectivity index (χ3v) is 5.73. The molecule has 0 aromatic heterocycles. The molecule has 2 unspecified atom stereocenters. The van der Waals surface area contributed by atoms with Crippen LogP contribution in [0.4, 0.5) is 0 Å². The van der Waals surface area contributed by atoms with Crippen LogP contribution in [0.1, 0.15) is 38.5 Å². The number of rotatable bonds is 6. The zero-order valence-corrected chi connectivity index (χ0v) is 13.2. The molecule has 0 aromatic carbocycles. The van der Waals surface area contributed by atoms with E-state index in [2.05, 4.69) is 15.1 Å². The summed E-state index contributed by atoms with van der Waals surface area (Å²) in [6, 6.07) is 0.646. The molecular weight excluding hydrogens is 266 g/mol. The minimum Gasteiger partial charge on any atom is -0.480 e. The van der Waals surface area contributed by atoms with Gasteiger partial charge in [-0.3, -0.25) is 14.6 Å². The number of carboxylic acids is 1. The maximum Gasteiger partial charge on any atom is 0.325 e. The van der Waals surface area contributed by atoms with Crippen molar-refractivity contribution in [3.63, 3.8) is 0 Å². The van der Waals surface area contributed by atoms with Gasteiger partial charge in [-0.15, -0.1) is 0 Å². The number of nitrogens with zero attached hydrogens (tertiary/aromatic N) is 2. The number of carboxylic acid groups (broad SMARTS) is 1. The molecule has 0 bridgehead atoms. The van der Waals surface area contributed by atoms with Gasteiger partial charge in [0.15, 0.2) is 0 Å². The van der Waals surface area contributed by atoms with Crippen LogP contribution in [-0.2, 0) is 4.79 Å². The fourth-order valence-corrected chi connectivity index (χ4v) is 4.23. The highest BCUT2D eigenvalue weighted by atomic mass is 16.4. The molecule has 0 spiro atoms. The summed E-state index contributed by atoms with van der Waals surface area (Å²) >= 11 is 0. The largest absolute Gasteiger partial charge is 0.480 e. The Hall–Kier alpha value is -0.650. The number of hydrogen-bond donors (Lipinski definition) is 2. The van der Waals surface area contributed by atoms with Gasteiger partial charge in [-0.25, -0.2) is 0 Å². The molecule has 2 heterocycles. The lowest BCUT2D eigenvalue weighted by molar-refractivity contribution is -0.146. The van der Waals surface area contributed by atoms with Crippen molar-refractivity contribution in [3.8, 4) is 0 Å². The number of carbonyl (C=O) groups is 1.